The third-order valence-electron chi connectivity index (χ3n) is 3.92. The first-order valence-electron chi connectivity index (χ1n) is 8.50. The number of guanidine groups is 1. The fourth-order valence-corrected chi connectivity index (χ4v) is 3.51. The minimum Gasteiger partial charge on any atom is -0.357 e. The Morgan fingerprint density at radius 1 is 1.50 bits per heavy atom. The molecule has 2 N–H and O–H groups in total. The van der Waals surface area contributed by atoms with Crippen LogP contribution in [0.15, 0.2) is 23.8 Å². The Balaban J connectivity index is 0.00000288. The highest BCUT2D eigenvalue weighted by atomic mass is 127. The molecule has 0 amide bonds. The number of thiazole rings is 1. The van der Waals surface area contributed by atoms with Crippen LogP contribution in [-0.4, -0.2) is 54.6 Å². The molecule has 0 atom stereocenters. The fourth-order valence-electron chi connectivity index (χ4n) is 2.74. The molecule has 0 unspecified atom stereocenters. The van der Waals surface area contributed by atoms with E-state index >= 15 is 0 Å². The second-order valence-electron chi connectivity index (χ2n) is 5.88. The summed E-state index contributed by atoms with van der Waals surface area (Å²) in [7, 11) is 0. The maximum absolute atomic E-state index is 4.70. The van der Waals surface area contributed by atoms with Crippen LogP contribution in [0.3, 0.4) is 0 Å². The van der Waals surface area contributed by atoms with Crippen LogP contribution < -0.4 is 10.6 Å². The molecule has 1 saturated heterocycles. The first kappa shape index (κ1) is 21.4. The van der Waals surface area contributed by atoms with Crippen molar-refractivity contribution in [2.75, 3.05) is 32.7 Å². The molecular formula is C17H30IN5S. The van der Waals surface area contributed by atoms with Gasteiger partial charge in [0.05, 0.1) is 5.01 Å². The first-order chi connectivity index (χ1) is 11.2. The van der Waals surface area contributed by atoms with Crippen molar-refractivity contribution in [2.45, 2.75) is 39.2 Å². The van der Waals surface area contributed by atoms with Gasteiger partial charge >= 0.3 is 0 Å². The molecule has 0 bridgehead atoms. The van der Waals surface area contributed by atoms with Crippen LogP contribution >= 0.6 is 35.3 Å². The van der Waals surface area contributed by atoms with E-state index in [4.69, 9.17) is 4.99 Å². The number of hydrogen-bond donors (Lipinski definition) is 2. The van der Waals surface area contributed by atoms with Crippen LogP contribution in [0.5, 0.6) is 0 Å². The number of likely N-dealkylation sites (tertiary alicyclic amines) is 1. The van der Waals surface area contributed by atoms with Gasteiger partial charge in [0.1, 0.15) is 0 Å². The third kappa shape index (κ3) is 7.48. The number of halogens is 1. The van der Waals surface area contributed by atoms with Gasteiger partial charge < -0.3 is 10.6 Å². The lowest BCUT2D eigenvalue weighted by atomic mass is 10.1. The Bertz CT molecular complexity index is 509. The fraction of sp³-hybridized carbons (Fsp3) is 0.647. The van der Waals surface area contributed by atoms with Crippen molar-refractivity contribution in [3.05, 3.63) is 28.7 Å². The van der Waals surface area contributed by atoms with E-state index in [-0.39, 0.29) is 24.0 Å². The maximum Gasteiger partial charge on any atom is 0.191 e. The minimum absolute atomic E-state index is 0. The van der Waals surface area contributed by atoms with Gasteiger partial charge in [0.2, 0.25) is 0 Å². The van der Waals surface area contributed by atoms with Crippen molar-refractivity contribution in [3.63, 3.8) is 0 Å². The molecule has 0 spiro atoms. The Morgan fingerprint density at radius 3 is 2.83 bits per heavy atom. The average Bonchev–Trinajstić information content (AvgIpc) is 2.95. The summed E-state index contributed by atoms with van der Waals surface area (Å²) in [5, 5.41) is 8.10. The molecule has 2 heterocycles. The predicted octanol–water partition coefficient (Wildman–Crippen LogP) is 2.82. The lowest BCUT2D eigenvalue weighted by Gasteiger charge is -2.32. The molecule has 1 aromatic heterocycles. The van der Waals surface area contributed by atoms with Gasteiger partial charge in [-0.05, 0) is 26.7 Å². The van der Waals surface area contributed by atoms with E-state index in [1.54, 1.807) is 11.3 Å². The van der Waals surface area contributed by atoms with Crippen molar-refractivity contribution in [2.24, 2.45) is 4.99 Å². The topological polar surface area (TPSA) is 52.5 Å². The third-order valence-corrected chi connectivity index (χ3v) is 4.90. The first-order valence-corrected chi connectivity index (χ1v) is 9.32. The number of piperidine rings is 1. The Kier molecular flexibility index (Phi) is 10.5. The van der Waals surface area contributed by atoms with E-state index in [0.29, 0.717) is 6.04 Å². The largest absolute Gasteiger partial charge is 0.357 e. The smallest absolute Gasteiger partial charge is 0.191 e. The Hall–Kier alpha value is -0.670. The summed E-state index contributed by atoms with van der Waals surface area (Å²) >= 11 is 1.76. The molecule has 24 heavy (non-hydrogen) atoms. The van der Waals surface area contributed by atoms with E-state index in [0.717, 1.165) is 57.9 Å². The molecule has 1 aliphatic rings. The highest BCUT2D eigenvalue weighted by molar-refractivity contribution is 14.0. The summed E-state index contributed by atoms with van der Waals surface area (Å²) in [6.07, 6.45) is 7.14. The van der Waals surface area contributed by atoms with Crippen molar-refractivity contribution in [1.29, 1.82) is 0 Å². The van der Waals surface area contributed by atoms with Gasteiger partial charge in [0.25, 0.3) is 0 Å². The minimum atomic E-state index is 0. The number of hydrogen-bond acceptors (Lipinski definition) is 4. The zero-order valence-electron chi connectivity index (χ0n) is 14.8. The molecule has 136 valence electrons. The van der Waals surface area contributed by atoms with Crippen molar-refractivity contribution in [3.8, 4) is 0 Å². The van der Waals surface area contributed by atoms with Gasteiger partial charge in [-0.3, -0.25) is 9.89 Å². The Labute approximate surface area is 167 Å². The van der Waals surface area contributed by atoms with Gasteiger partial charge in [-0.15, -0.1) is 41.9 Å². The number of aromatic nitrogens is 1. The number of nitrogens with zero attached hydrogens (tertiary/aromatic N) is 3. The zero-order valence-corrected chi connectivity index (χ0v) is 17.9. The normalized spacial score (nSPS) is 16.5. The molecule has 0 saturated carbocycles. The quantitative estimate of drug-likeness (QED) is 0.283. The van der Waals surface area contributed by atoms with Crippen LogP contribution in [0.4, 0.5) is 0 Å². The van der Waals surface area contributed by atoms with Crippen molar-refractivity contribution < 1.29 is 0 Å². The van der Waals surface area contributed by atoms with Gasteiger partial charge in [0.15, 0.2) is 5.96 Å². The van der Waals surface area contributed by atoms with Gasteiger partial charge in [-0.25, -0.2) is 4.98 Å². The predicted molar refractivity (Wildman–Crippen MR) is 115 cm³/mol. The number of aryl methyl sites for hydroxylation is 1. The van der Waals surface area contributed by atoms with E-state index in [2.05, 4.69) is 40.9 Å². The van der Waals surface area contributed by atoms with Gasteiger partial charge in [0, 0.05) is 56.3 Å². The summed E-state index contributed by atoms with van der Waals surface area (Å²) in [5.41, 5.74) is 0. The summed E-state index contributed by atoms with van der Waals surface area (Å²) in [6, 6.07) is 0.510. The molecule has 0 aliphatic carbocycles. The lowest BCUT2D eigenvalue weighted by Crippen LogP contribution is -2.48. The lowest BCUT2D eigenvalue weighted by molar-refractivity contribution is 0.225. The van der Waals surface area contributed by atoms with Crippen LogP contribution in [0.1, 0.15) is 29.7 Å². The summed E-state index contributed by atoms with van der Waals surface area (Å²) in [6.45, 7) is 12.9. The van der Waals surface area contributed by atoms with Crippen LogP contribution in [0.2, 0.25) is 0 Å². The van der Waals surface area contributed by atoms with E-state index < -0.39 is 0 Å². The summed E-state index contributed by atoms with van der Waals surface area (Å²) in [4.78, 5) is 12.8. The molecule has 1 aliphatic heterocycles. The number of nitrogens with one attached hydrogen (secondary N) is 2. The number of aliphatic imine (C=N–C) groups is 1. The van der Waals surface area contributed by atoms with Crippen LogP contribution in [-0.2, 0) is 6.42 Å². The molecule has 1 aromatic rings. The standard InChI is InChI=1S/C17H29N5S.HI/c1-4-10-22-11-7-15(8-12-22)21-17(18-5-2)19-9-6-16-20-13-14(3)23-16;/h4,13,15H,1,5-12H2,2-3H3,(H2,18,19,21);1H. The van der Waals surface area contributed by atoms with E-state index in [1.165, 1.54) is 9.88 Å². The summed E-state index contributed by atoms with van der Waals surface area (Å²) < 4.78 is 0. The molecule has 5 nitrogen and oxygen atoms in total. The van der Waals surface area contributed by atoms with Crippen LogP contribution in [0.25, 0.3) is 0 Å². The summed E-state index contributed by atoms with van der Waals surface area (Å²) in [5.74, 6) is 0.933. The second-order valence-corrected chi connectivity index (χ2v) is 7.20. The molecule has 0 radical (unpaired) electrons. The monoisotopic (exact) mass is 463 g/mol. The molecule has 1 fully saturated rings. The zero-order chi connectivity index (χ0) is 16.5. The van der Waals surface area contributed by atoms with E-state index in [9.17, 15) is 0 Å². The molecule has 0 aromatic carbocycles. The van der Waals surface area contributed by atoms with Crippen molar-refractivity contribution in [1.82, 2.24) is 20.5 Å². The van der Waals surface area contributed by atoms with Gasteiger partial charge in [-0.2, -0.15) is 0 Å². The molecule has 7 heteroatoms. The van der Waals surface area contributed by atoms with Crippen LogP contribution in [0, 0.1) is 6.92 Å². The highest BCUT2D eigenvalue weighted by Gasteiger charge is 2.18. The Morgan fingerprint density at radius 2 is 2.25 bits per heavy atom. The molecular weight excluding hydrogens is 433 g/mol. The number of rotatable bonds is 7. The SMILES string of the molecule is C=CCN1CCC(NC(=NCCc2ncc(C)s2)NCC)CC1.I. The average molecular weight is 463 g/mol. The second kappa shape index (κ2) is 11.8. The highest BCUT2D eigenvalue weighted by Crippen LogP contribution is 2.12. The van der Waals surface area contributed by atoms with Crippen molar-refractivity contribution >= 4 is 41.3 Å². The maximum atomic E-state index is 4.70. The van der Waals surface area contributed by atoms with E-state index in [1.807, 2.05) is 12.3 Å². The van der Waals surface area contributed by atoms with Gasteiger partial charge in [-0.1, -0.05) is 6.08 Å². The molecule has 2 rings (SSSR count).